The van der Waals surface area contributed by atoms with E-state index in [1.165, 1.54) is 11.8 Å². The minimum absolute atomic E-state index is 0.0474. The number of hydrogen-bond donors (Lipinski definition) is 1. The first-order valence-electron chi connectivity index (χ1n) is 5.65. The number of thioether (sulfide) groups is 1. The van der Waals surface area contributed by atoms with Crippen molar-refractivity contribution in [2.24, 2.45) is 0 Å². The molecule has 1 aliphatic heterocycles. The third-order valence-electron chi connectivity index (χ3n) is 2.25. The normalized spacial score (nSPS) is 14.7. The van der Waals surface area contributed by atoms with Gasteiger partial charge >= 0.3 is 5.97 Å². The fraction of sp³-hybridized carbons (Fsp3) is 0.385. The van der Waals surface area contributed by atoms with Gasteiger partial charge in [0.15, 0.2) is 0 Å². The second-order valence-electron chi connectivity index (χ2n) is 5.05. The Morgan fingerprint density at radius 2 is 2.11 bits per heavy atom. The topological polar surface area (TPSA) is 55.4 Å². The molecule has 0 aromatic heterocycles. The summed E-state index contributed by atoms with van der Waals surface area (Å²) in [5.74, 6) is -0.0114. The van der Waals surface area contributed by atoms with E-state index in [1.54, 1.807) is 12.1 Å². The molecule has 4 nitrogen and oxygen atoms in total. The van der Waals surface area contributed by atoms with Crippen molar-refractivity contribution in [3.05, 3.63) is 23.8 Å². The van der Waals surface area contributed by atoms with Gasteiger partial charge < -0.3 is 10.1 Å². The number of fused-ring (bicyclic) bond motifs is 1. The van der Waals surface area contributed by atoms with E-state index in [0.717, 1.165) is 4.90 Å². The van der Waals surface area contributed by atoms with Crippen LogP contribution in [0.15, 0.2) is 23.1 Å². The summed E-state index contributed by atoms with van der Waals surface area (Å²) in [4.78, 5) is 24.1. The molecule has 0 bridgehead atoms. The largest absolute Gasteiger partial charge is 0.456 e. The summed E-state index contributed by atoms with van der Waals surface area (Å²) >= 11 is 1.47. The number of rotatable bonds is 1. The van der Waals surface area contributed by atoms with E-state index in [0.29, 0.717) is 17.0 Å². The SMILES string of the molecule is CC(C)(C)OC(=O)c1ccc2c(c1)NC(=O)CS2. The number of benzene rings is 1. The molecule has 0 saturated heterocycles. The number of amides is 1. The molecule has 1 heterocycles. The van der Waals surface area contributed by atoms with Crippen molar-refractivity contribution < 1.29 is 14.3 Å². The Bertz CT molecular complexity index is 505. The molecular weight excluding hydrogens is 250 g/mol. The molecule has 0 saturated carbocycles. The lowest BCUT2D eigenvalue weighted by Crippen LogP contribution is -2.24. The lowest BCUT2D eigenvalue weighted by atomic mass is 10.1. The zero-order chi connectivity index (χ0) is 13.3. The first-order valence-corrected chi connectivity index (χ1v) is 6.64. The van der Waals surface area contributed by atoms with Crippen LogP contribution in [0.4, 0.5) is 5.69 Å². The molecule has 96 valence electrons. The van der Waals surface area contributed by atoms with Gasteiger partial charge in [0.05, 0.1) is 17.0 Å². The van der Waals surface area contributed by atoms with Crippen molar-refractivity contribution in [3.8, 4) is 0 Å². The number of carbonyl (C=O) groups is 2. The molecule has 2 rings (SSSR count). The Hall–Kier alpha value is -1.49. The lowest BCUT2D eigenvalue weighted by molar-refractivity contribution is -0.113. The van der Waals surface area contributed by atoms with E-state index in [4.69, 9.17) is 4.74 Å². The fourth-order valence-corrected chi connectivity index (χ4v) is 2.34. The predicted octanol–water partition coefficient (Wildman–Crippen LogP) is 2.69. The van der Waals surface area contributed by atoms with Gasteiger partial charge in [-0.15, -0.1) is 11.8 Å². The van der Waals surface area contributed by atoms with Crippen LogP contribution in [0.1, 0.15) is 31.1 Å². The van der Waals surface area contributed by atoms with E-state index in [1.807, 2.05) is 26.8 Å². The molecule has 1 aliphatic rings. The second kappa shape index (κ2) is 4.65. The number of ether oxygens (including phenoxy) is 1. The molecular formula is C13H15NO3S. The summed E-state index contributed by atoms with van der Waals surface area (Å²) in [6.07, 6.45) is 0. The quantitative estimate of drug-likeness (QED) is 0.793. The van der Waals surface area contributed by atoms with Crippen LogP contribution in [-0.4, -0.2) is 23.2 Å². The minimum Gasteiger partial charge on any atom is -0.456 e. The summed E-state index contributed by atoms with van der Waals surface area (Å²) in [6.45, 7) is 5.46. The highest BCUT2D eigenvalue weighted by atomic mass is 32.2. The number of nitrogens with one attached hydrogen (secondary N) is 1. The van der Waals surface area contributed by atoms with Crippen LogP contribution >= 0.6 is 11.8 Å². The Morgan fingerprint density at radius 1 is 1.39 bits per heavy atom. The van der Waals surface area contributed by atoms with Crippen molar-refractivity contribution >= 4 is 29.3 Å². The maximum Gasteiger partial charge on any atom is 0.338 e. The van der Waals surface area contributed by atoms with E-state index in [2.05, 4.69) is 5.32 Å². The van der Waals surface area contributed by atoms with Crippen molar-refractivity contribution in [2.75, 3.05) is 11.1 Å². The van der Waals surface area contributed by atoms with E-state index >= 15 is 0 Å². The molecule has 0 radical (unpaired) electrons. The third kappa shape index (κ3) is 3.04. The van der Waals surface area contributed by atoms with Crippen molar-refractivity contribution in [1.82, 2.24) is 0 Å². The molecule has 1 aromatic carbocycles. The molecule has 18 heavy (non-hydrogen) atoms. The standard InChI is InChI=1S/C13H15NO3S/c1-13(2,3)17-12(16)8-4-5-10-9(6-8)14-11(15)7-18-10/h4-6H,7H2,1-3H3,(H,14,15). The van der Waals surface area contributed by atoms with Gasteiger partial charge in [-0.1, -0.05) is 0 Å². The molecule has 0 unspecified atom stereocenters. The summed E-state index contributed by atoms with van der Waals surface area (Å²) in [6, 6.07) is 5.21. The van der Waals surface area contributed by atoms with Crippen LogP contribution in [0.2, 0.25) is 0 Å². The summed E-state index contributed by atoms with van der Waals surface area (Å²) in [7, 11) is 0. The van der Waals surface area contributed by atoms with Gasteiger partial charge in [-0.2, -0.15) is 0 Å². The average Bonchev–Trinajstić information content (AvgIpc) is 2.25. The van der Waals surface area contributed by atoms with Crippen LogP contribution < -0.4 is 5.32 Å². The van der Waals surface area contributed by atoms with Gasteiger partial charge in [-0.3, -0.25) is 4.79 Å². The van der Waals surface area contributed by atoms with Crippen molar-refractivity contribution in [3.63, 3.8) is 0 Å². The maximum absolute atomic E-state index is 11.9. The molecule has 5 heteroatoms. The summed E-state index contributed by atoms with van der Waals surface area (Å²) in [5, 5.41) is 2.75. The lowest BCUT2D eigenvalue weighted by Gasteiger charge is -2.21. The van der Waals surface area contributed by atoms with E-state index < -0.39 is 5.60 Å². The van der Waals surface area contributed by atoms with Gasteiger partial charge in [-0.25, -0.2) is 4.79 Å². The molecule has 1 aromatic rings. The Morgan fingerprint density at radius 3 is 2.78 bits per heavy atom. The molecule has 0 fully saturated rings. The Balaban J connectivity index is 2.23. The fourth-order valence-electron chi connectivity index (χ4n) is 1.55. The highest BCUT2D eigenvalue weighted by Crippen LogP contribution is 2.32. The Kier molecular flexibility index (Phi) is 3.34. The van der Waals surface area contributed by atoms with Crippen LogP contribution in [0.3, 0.4) is 0 Å². The van der Waals surface area contributed by atoms with Gasteiger partial charge in [0.1, 0.15) is 5.60 Å². The second-order valence-corrected chi connectivity index (χ2v) is 6.07. The zero-order valence-electron chi connectivity index (χ0n) is 10.6. The molecule has 0 spiro atoms. The first kappa shape index (κ1) is 13.0. The zero-order valence-corrected chi connectivity index (χ0v) is 11.4. The van der Waals surface area contributed by atoms with Crippen LogP contribution in [0.5, 0.6) is 0 Å². The number of esters is 1. The molecule has 1 amide bonds. The van der Waals surface area contributed by atoms with E-state index in [-0.39, 0.29) is 11.9 Å². The summed E-state index contributed by atoms with van der Waals surface area (Å²) in [5.41, 5.74) is 0.608. The first-order chi connectivity index (χ1) is 8.35. The van der Waals surface area contributed by atoms with Gasteiger partial charge in [-0.05, 0) is 39.0 Å². The Labute approximate surface area is 110 Å². The van der Waals surface area contributed by atoms with Gasteiger partial charge in [0, 0.05) is 4.90 Å². The maximum atomic E-state index is 11.9. The average molecular weight is 265 g/mol. The number of hydrogen-bond acceptors (Lipinski definition) is 4. The van der Waals surface area contributed by atoms with Crippen LogP contribution in [0, 0.1) is 0 Å². The molecule has 0 aliphatic carbocycles. The highest BCUT2D eigenvalue weighted by molar-refractivity contribution is 8.00. The molecule has 0 atom stereocenters. The number of carbonyl (C=O) groups excluding carboxylic acids is 2. The predicted molar refractivity (Wildman–Crippen MR) is 71.0 cm³/mol. The van der Waals surface area contributed by atoms with Crippen LogP contribution in [-0.2, 0) is 9.53 Å². The summed E-state index contributed by atoms with van der Waals surface area (Å²) < 4.78 is 5.28. The number of anilines is 1. The van der Waals surface area contributed by atoms with Gasteiger partial charge in [0.25, 0.3) is 0 Å². The monoisotopic (exact) mass is 265 g/mol. The van der Waals surface area contributed by atoms with Crippen molar-refractivity contribution in [1.29, 1.82) is 0 Å². The van der Waals surface area contributed by atoms with Gasteiger partial charge in [0.2, 0.25) is 5.91 Å². The van der Waals surface area contributed by atoms with Crippen LogP contribution in [0.25, 0.3) is 0 Å². The molecule has 1 N–H and O–H groups in total. The van der Waals surface area contributed by atoms with E-state index in [9.17, 15) is 9.59 Å². The highest BCUT2D eigenvalue weighted by Gasteiger charge is 2.21. The third-order valence-corrected chi connectivity index (χ3v) is 3.32. The minimum atomic E-state index is -0.523. The smallest absolute Gasteiger partial charge is 0.338 e. The van der Waals surface area contributed by atoms with Crippen molar-refractivity contribution in [2.45, 2.75) is 31.3 Å².